The third-order valence-corrected chi connectivity index (χ3v) is 15.6. The molecule has 0 spiro atoms. The van der Waals surface area contributed by atoms with Crippen LogP contribution in [0.15, 0.2) is 36.4 Å². The minimum absolute atomic E-state index is 0.121. The van der Waals surface area contributed by atoms with Crippen LogP contribution in [0.25, 0.3) is 0 Å². The van der Waals surface area contributed by atoms with Crippen molar-refractivity contribution in [1.29, 1.82) is 0 Å². The van der Waals surface area contributed by atoms with Gasteiger partial charge in [0.15, 0.2) is 0 Å². The lowest BCUT2D eigenvalue weighted by atomic mass is 9.62. The molecule has 53 heavy (non-hydrogen) atoms. The van der Waals surface area contributed by atoms with Crippen LogP contribution < -0.4 is 14.4 Å². The zero-order valence-corrected chi connectivity index (χ0v) is 33.7. The van der Waals surface area contributed by atoms with Crippen LogP contribution in [0.1, 0.15) is 106 Å². The highest BCUT2D eigenvalue weighted by molar-refractivity contribution is 7.90. The summed E-state index contributed by atoms with van der Waals surface area (Å²) in [6.45, 7) is 14.0. The molecule has 7 rings (SSSR count). The minimum atomic E-state index is -3.92. The quantitative estimate of drug-likeness (QED) is 0.347. The van der Waals surface area contributed by atoms with Gasteiger partial charge < -0.3 is 14.4 Å². The van der Waals surface area contributed by atoms with Gasteiger partial charge in [0.05, 0.1) is 16.5 Å². The summed E-state index contributed by atoms with van der Waals surface area (Å²) in [5.74, 6) is 0.797. The fourth-order valence-electron chi connectivity index (χ4n) is 10.0. The number of hydrogen-bond acceptors (Lipinski definition) is 8. The Bertz CT molecular complexity index is 1710. The highest BCUT2D eigenvalue weighted by atomic mass is 35.5. The van der Waals surface area contributed by atoms with E-state index in [1.165, 1.54) is 31.4 Å². The molecular weight excluding hydrogens is 708 g/mol. The summed E-state index contributed by atoms with van der Waals surface area (Å²) in [5, 5.41) is 0.0128. The Hall–Kier alpha value is -2.37. The van der Waals surface area contributed by atoms with Gasteiger partial charge in [-0.05, 0) is 137 Å². The predicted octanol–water partition coefficient (Wildman–Crippen LogP) is 7.30. The summed E-state index contributed by atoms with van der Waals surface area (Å²) in [6, 6.07) is 12.0. The molecule has 3 fully saturated rings. The first-order valence-electron chi connectivity index (χ1n) is 20.5. The first-order chi connectivity index (χ1) is 25.5. The molecule has 6 atom stereocenters. The van der Waals surface area contributed by atoms with Gasteiger partial charge in [0, 0.05) is 62.5 Å². The van der Waals surface area contributed by atoms with Crippen molar-refractivity contribution in [2.24, 2.45) is 17.8 Å². The molecule has 1 aliphatic carbocycles. The molecule has 1 amide bonds. The van der Waals surface area contributed by atoms with Gasteiger partial charge in [-0.15, -0.1) is 0 Å². The highest BCUT2D eigenvalue weighted by Crippen LogP contribution is 2.48. The average Bonchev–Trinajstić information content (AvgIpc) is 3.15. The van der Waals surface area contributed by atoms with Crippen molar-refractivity contribution in [3.8, 4) is 5.75 Å². The molecule has 5 aliphatic rings. The van der Waals surface area contributed by atoms with E-state index in [2.05, 4.69) is 32.4 Å². The molecule has 1 N–H and O–H groups in total. The monoisotopic (exact) mass is 768 g/mol. The summed E-state index contributed by atoms with van der Waals surface area (Å²) in [4.78, 5) is 21.5. The standard InChI is InChI=1S/C42H61ClN4O5S/c1-4-52-42(29-45-22-23-46-20-8-6-12-37(46)27-45)19-9-10-30(2)31(3)53(49,50)44-41(48)33-15-18-40-39(25-33)47(26-34-14-17-38(34)42)21-7-5-11-32-24-36(43)16-13-35(32)28-51-40/h13,15-16,18,24-25,30-31,34,37-38H,4-12,14,17,19-23,26-29H2,1-3H3,(H,44,48)/t30-,31+,34-,37+,38?,42-/m0/s1. The van der Waals surface area contributed by atoms with E-state index >= 15 is 0 Å². The maximum Gasteiger partial charge on any atom is 0.264 e. The lowest BCUT2D eigenvalue weighted by Crippen LogP contribution is -2.62. The van der Waals surface area contributed by atoms with Crippen molar-refractivity contribution in [3.05, 3.63) is 58.1 Å². The number of nitrogens with one attached hydrogen (secondary N) is 1. The molecular formula is C42H61ClN4O5S. The van der Waals surface area contributed by atoms with Crippen LogP contribution in [0, 0.1) is 17.8 Å². The summed E-state index contributed by atoms with van der Waals surface area (Å²) in [5.41, 5.74) is 3.18. The molecule has 292 valence electrons. The molecule has 2 aromatic carbocycles. The van der Waals surface area contributed by atoms with Gasteiger partial charge in [0.2, 0.25) is 10.0 Å². The summed E-state index contributed by atoms with van der Waals surface area (Å²) >= 11 is 6.43. The lowest BCUT2D eigenvalue weighted by Gasteiger charge is -2.54. The summed E-state index contributed by atoms with van der Waals surface area (Å²) in [6.07, 6.45) is 11.6. The van der Waals surface area contributed by atoms with Crippen molar-refractivity contribution < 1.29 is 22.7 Å². The smallest absolute Gasteiger partial charge is 0.264 e. The Morgan fingerprint density at radius 1 is 0.925 bits per heavy atom. The number of hydrogen-bond donors (Lipinski definition) is 1. The van der Waals surface area contributed by atoms with Gasteiger partial charge in [-0.3, -0.25) is 14.6 Å². The number of carbonyl (C=O) groups is 1. The van der Waals surface area contributed by atoms with Gasteiger partial charge in [-0.1, -0.05) is 37.4 Å². The van der Waals surface area contributed by atoms with E-state index in [9.17, 15) is 13.2 Å². The first kappa shape index (κ1) is 38.9. The number of sulfonamides is 1. The van der Waals surface area contributed by atoms with Crippen LogP contribution in [-0.2, 0) is 27.8 Å². The van der Waals surface area contributed by atoms with E-state index in [4.69, 9.17) is 21.1 Å². The number of carbonyl (C=O) groups excluding carboxylic acids is 1. The number of halogens is 1. The van der Waals surface area contributed by atoms with Crippen LogP contribution in [-0.4, -0.2) is 93.4 Å². The second-order valence-corrected chi connectivity index (χ2v) is 19.2. The van der Waals surface area contributed by atoms with E-state index in [1.807, 2.05) is 31.2 Å². The number of fused-ring (bicyclic) bond motifs is 4. The van der Waals surface area contributed by atoms with Gasteiger partial charge in [-0.25, -0.2) is 13.1 Å². The largest absolute Gasteiger partial charge is 0.487 e. The third kappa shape index (κ3) is 8.72. The van der Waals surface area contributed by atoms with Gasteiger partial charge in [0.1, 0.15) is 12.4 Å². The van der Waals surface area contributed by atoms with Crippen molar-refractivity contribution >= 4 is 33.2 Å². The fraction of sp³-hybridized carbons (Fsp3) is 0.690. The first-order valence-corrected chi connectivity index (χ1v) is 22.4. The number of rotatable bonds is 4. The van der Waals surface area contributed by atoms with Crippen LogP contribution in [0.3, 0.4) is 0 Å². The highest BCUT2D eigenvalue weighted by Gasteiger charge is 2.50. The van der Waals surface area contributed by atoms with E-state index in [0.717, 1.165) is 107 Å². The number of aryl methyl sites for hydroxylation is 1. The zero-order chi connectivity index (χ0) is 37.2. The Balaban J connectivity index is 1.25. The number of piperidine rings is 1. The molecule has 11 heteroatoms. The number of piperazine rings is 1. The van der Waals surface area contributed by atoms with Crippen molar-refractivity contribution in [2.75, 3.05) is 57.3 Å². The molecule has 2 saturated heterocycles. The topological polar surface area (TPSA) is 91.4 Å². The van der Waals surface area contributed by atoms with Crippen molar-refractivity contribution in [3.63, 3.8) is 0 Å². The Morgan fingerprint density at radius 2 is 1.77 bits per heavy atom. The number of amides is 1. The summed E-state index contributed by atoms with van der Waals surface area (Å²) in [7, 11) is -3.92. The number of nitrogens with zero attached hydrogens (tertiary/aromatic N) is 3. The number of ether oxygens (including phenoxy) is 2. The second kappa shape index (κ2) is 16.8. The Labute approximate surface area is 323 Å². The molecule has 9 nitrogen and oxygen atoms in total. The molecule has 1 unspecified atom stereocenters. The molecule has 4 aliphatic heterocycles. The molecule has 2 aromatic rings. The molecule has 2 bridgehead atoms. The van der Waals surface area contributed by atoms with Crippen LogP contribution in [0.2, 0.25) is 5.02 Å². The van der Waals surface area contributed by atoms with Crippen LogP contribution >= 0.6 is 11.6 Å². The normalized spacial score (nSPS) is 31.7. The molecule has 0 radical (unpaired) electrons. The Kier molecular flexibility index (Phi) is 12.3. The van der Waals surface area contributed by atoms with Gasteiger partial charge in [0.25, 0.3) is 5.91 Å². The second-order valence-electron chi connectivity index (χ2n) is 16.7. The SMILES string of the molecule is CCO[C@]1(CN2CCN3CCCC[C@@H]3C2)CCC[C@H](C)[C@@H](C)S(=O)(=O)NC(=O)c2ccc3c(c2)N(CCCCc2cc(Cl)ccc2CO3)C[C@@H]2CCC21. The summed E-state index contributed by atoms with van der Waals surface area (Å²) < 4.78 is 43.5. The maximum atomic E-state index is 13.7. The molecule has 0 aromatic heterocycles. The van der Waals surface area contributed by atoms with E-state index in [1.54, 1.807) is 13.0 Å². The van der Waals surface area contributed by atoms with Crippen molar-refractivity contribution in [1.82, 2.24) is 14.5 Å². The minimum Gasteiger partial charge on any atom is -0.487 e. The van der Waals surface area contributed by atoms with E-state index < -0.39 is 21.2 Å². The number of benzene rings is 2. The fourth-order valence-corrected chi connectivity index (χ4v) is 11.5. The van der Waals surface area contributed by atoms with Gasteiger partial charge >= 0.3 is 0 Å². The Morgan fingerprint density at radius 3 is 2.58 bits per heavy atom. The van der Waals surface area contributed by atoms with Crippen LogP contribution in [0.4, 0.5) is 5.69 Å². The number of anilines is 1. The molecule has 1 saturated carbocycles. The third-order valence-electron chi connectivity index (χ3n) is 13.4. The lowest BCUT2D eigenvalue weighted by molar-refractivity contribution is -0.151. The molecule has 4 heterocycles. The maximum absolute atomic E-state index is 13.7. The van der Waals surface area contributed by atoms with Gasteiger partial charge in [-0.2, -0.15) is 0 Å². The van der Waals surface area contributed by atoms with E-state index in [0.29, 0.717) is 42.4 Å². The van der Waals surface area contributed by atoms with E-state index in [-0.39, 0.29) is 11.5 Å². The predicted molar refractivity (Wildman–Crippen MR) is 212 cm³/mol. The van der Waals surface area contributed by atoms with Crippen molar-refractivity contribution in [2.45, 2.75) is 115 Å². The average molecular weight is 769 g/mol. The zero-order valence-electron chi connectivity index (χ0n) is 32.2. The van der Waals surface area contributed by atoms with Crippen LogP contribution in [0.5, 0.6) is 5.75 Å².